The van der Waals surface area contributed by atoms with E-state index in [1.54, 1.807) is 0 Å². The molecular formula is C53H63AuF3N2O11PS. The van der Waals surface area contributed by atoms with E-state index in [-0.39, 0.29) is 46.5 Å². The second-order valence-electron chi connectivity index (χ2n) is 16.1. The van der Waals surface area contributed by atoms with Crippen LogP contribution in [0.4, 0.5) is 18.0 Å². The summed E-state index contributed by atoms with van der Waals surface area (Å²) in [5.41, 5.74) is 2.56. The van der Waals surface area contributed by atoms with Gasteiger partial charge in [-0.2, -0.15) is 13.2 Å². The van der Waals surface area contributed by atoms with Gasteiger partial charge in [0.05, 0.1) is 45.2 Å². The minimum absolute atomic E-state index is 0. The number of ketones is 2. The average Bonchev–Trinajstić information content (AvgIpc) is 3.75. The van der Waals surface area contributed by atoms with Crippen LogP contribution in [0.3, 0.4) is 0 Å². The summed E-state index contributed by atoms with van der Waals surface area (Å²) in [7, 11) is 1.70. The molecule has 0 aromatic heterocycles. The normalized spacial score (nSPS) is 14.6. The Hall–Kier alpha value is -5.73. The van der Waals surface area contributed by atoms with E-state index in [0.717, 1.165) is 18.4 Å². The molecule has 4 atom stereocenters. The number of rotatable bonds is 16. The molecule has 0 saturated heterocycles. The molecule has 0 aliphatic heterocycles. The monoisotopic (exact) mass is 1220 g/mol. The Bertz CT molecular complexity index is 2270. The number of esters is 2. The van der Waals surface area contributed by atoms with Gasteiger partial charge in [0, 0.05) is 6.42 Å². The largest absolute Gasteiger partial charge is 1.00 e. The number of alkyl halides is 3. The number of carbonyl (C=O) groups excluding carboxylic acids is 6. The van der Waals surface area contributed by atoms with Crippen LogP contribution in [0, 0.1) is 29.6 Å². The fourth-order valence-electron chi connectivity index (χ4n) is 6.91. The molecule has 1 aliphatic carbocycles. The van der Waals surface area contributed by atoms with Gasteiger partial charge in [0.25, 0.3) is 0 Å². The van der Waals surface area contributed by atoms with Crippen molar-refractivity contribution in [3.05, 3.63) is 145 Å². The van der Waals surface area contributed by atoms with E-state index in [4.69, 9.17) is 25.7 Å². The first-order valence-electron chi connectivity index (χ1n) is 22.3. The van der Waals surface area contributed by atoms with Crippen LogP contribution in [0.2, 0.25) is 0 Å². The summed E-state index contributed by atoms with van der Waals surface area (Å²) >= 11 is -3.93. The number of carbonyl (C=O) groups is 6. The Kier molecular flexibility index (Phi) is 32.6. The number of Topliss-reactive ketones (excluding diaryl/α,β-unsaturated/α-hetero) is 2. The van der Waals surface area contributed by atoms with Crippen LogP contribution in [0.1, 0.15) is 78.2 Å². The van der Waals surface area contributed by atoms with Crippen molar-refractivity contribution in [2.24, 2.45) is 17.3 Å². The number of amides is 2. The Labute approximate surface area is 440 Å². The van der Waals surface area contributed by atoms with Gasteiger partial charge in [-0.3, -0.25) is 23.4 Å². The van der Waals surface area contributed by atoms with Gasteiger partial charge in [-0.05, 0) is 100 Å². The molecule has 0 spiro atoms. The van der Waals surface area contributed by atoms with Crippen LogP contribution in [0.15, 0.2) is 133 Å². The van der Waals surface area contributed by atoms with E-state index >= 15 is 0 Å². The second-order valence-corrected chi connectivity index (χ2v) is 19.5. The number of ether oxygens (including phenoxy) is 3. The summed E-state index contributed by atoms with van der Waals surface area (Å²) in [6, 6.07) is 41.0. The second kappa shape index (κ2) is 35.4. The van der Waals surface area contributed by atoms with Crippen molar-refractivity contribution in [3.8, 4) is 12.3 Å². The number of terminal acetylenes is 1. The number of hydrogen-bond donors (Lipinski definition) is 1. The van der Waals surface area contributed by atoms with Gasteiger partial charge in [-0.15, -0.1) is 12.3 Å². The van der Waals surface area contributed by atoms with Crippen LogP contribution in [-0.2, 0) is 78.3 Å². The van der Waals surface area contributed by atoms with E-state index in [1.807, 2.05) is 44.2 Å². The zero-order valence-electron chi connectivity index (χ0n) is 41.1. The fraction of sp³-hybridized carbons (Fsp3) is 0.358. The van der Waals surface area contributed by atoms with Crippen LogP contribution in [0.5, 0.6) is 0 Å². The predicted octanol–water partition coefficient (Wildman–Crippen LogP) is 9.11. The zero-order valence-corrected chi connectivity index (χ0v) is 45.0. The maximum absolute atomic E-state index is 11.5. The Morgan fingerprint density at radius 3 is 1.61 bits per heavy atom. The smallest absolute Gasteiger partial charge is 0.766 e. The minimum atomic E-state index is -5.08. The quantitative estimate of drug-likeness (QED) is 0.0129. The predicted molar refractivity (Wildman–Crippen MR) is 271 cm³/mol. The number of hydrogen-bond acceptors (Lipinski definition) is 11. The molecule has 2 N–H and O–H groups in total. The number of methoxy groups -OCH3 is 2. The molecule has 19 heteroatoms. The van der Waals surface area contributed by atoms with Gasteiger partial charge >= 0.3 is 45.9 Å². The van der Waals surface area contributed by atoms with Crippen molar-refractivity contribution in [2.75, 3.05) is 14.2 Å². The molecule has 2 amide bonds. The molecule has 394 valence electrons. The Morgan fingerprint density at radius 2 is 1.29 bits per heavy atom. The topological polar surface area (TPSA) is 206 Å². The van der Waals surface area contributed by atoms with Crippen LogP contribution < -0.4 is 21.2 Å². The summed E-state index contributed by atoms with van der Waals surface area (Å²) in [5, 5.41) is 6.73. The third kappa shape index (κ3) is 24.1. The van der Waals surface area contributed by atoms with Crippen molar-refractivity contribution in [2.45, 2.75) is 90.8 Å². The number of alkyl carbamates (subject to hydrolysis) is 1. The van der Waals surface area contributed by atoms with Gasteiger partial charge in [0.1, 0.15) is 39.6 Å². The molecule has 0 heterocycles. The van der Waals surface area contributed by atoms with E-state index < -0.39 is 65.8 Å². The van der Waals surface area contributed by atoms with Crippen LogP contribution in [-0.4, -0.2) is 70.0 Å². The fourth-order valence-corrected chi connectivity index (χ4v) is 9.49. The van der Waals surface area contributed by atoms with Gasteiger partial charge in [-0.25, -0.2) is 4.79 Å². The maximum Gasteiger partial charge on any atom is 1.00 e. The SMILES string of the molecule is C#CCCCC(C(C)=O)C(=O)OC.C=C1CCCC1(C(C)=O)C(=O)OC.CC(C)C[C@H](NC(=O)OCc1ccccc1)C([NH-])=O.O=S([O-])C(F)(F)F.[Au+].c1ccc([PH+](c2ccccc2)c2ccccc2)cc1. The standard InChI is InChI=1S/C18H15P.C14H20N2O3.2C10H14O3.CHF3O2S.Au/c1-4-10-16(11-5-1)19(17-12-6-2-7-13-17)18-14-8-3-9-15-18;1-10(2)8-12(13(15)17)16-14(18)19-9-11-6-4-3-5-7-11;1-7-5-4-6-10(7,8(2)11)9(12)13-3;1-4-5-6-7-9(8(2)11)10(12)13-3;2-1(3,4)7(5)6;/h1-15H;3-7,10,12H,8-9H2,1-2H3,(H3,15,16,17,18);1,4-6H2,2-3H3;1,9H,5-7H2,2-3H3;(H,5,6);/q;;;;;+1/p-1/t;12-;;;;/m.0..../s1. The molecule has 4 aromatic rings. The summed E-state index contributed by atoms with van der Waals surface area (Å²) < 4.78 is 63.6. The first-order chi connectivity index (χ1) is 33.6. The van der Waals surface area contributed by atoms with Gasteiger partial charge in [0.2, 0.25) is 0 Å². The molecule has 5 rings (SSSR count). The third-order valence-corrected chi connectivity index (χ3v) is 13.6. The molecule has 0 radical (unpaired) electrons. The third-order valence-electron chi connectivity index (χ3n) is 10.5. The summed E-state index contributed by atoms with van der Waals surface area (Å²) in [6.45, 7) is 10.6. The molecule has 1 saturated carbocycles. The zero-order chi connectivity index (χ0) is 53.6. The Balaban J connectivity index is 0.000000902. The molecule has 72 heavy (non-hydrogen) atoms. The summed E-state index contributed by atoms with van der Waals surface area (Å²) in [4.78, 5) is 67.6. The van der Waals surface area contributed by atoms with Crippen LogP contribution >= 0.6 is 7.92 Å². The van der Waals surface area contributed by atoms with Crippen molar-refractivity contribution >= 4 is 70.4 Å². The average molecular weight is 1220 g/mol. The van der Waals surface area contributed by atoms with E-state index in [2.05, 4.69) is 118 Å². The molecule has 4 aromatic carbocycles. The van der Waals surface area contributed by atoms with E-state index in [9.17, 15) is 41.9 Å². The molecule has 0 bridgehead atoms. The van der Waals surface area contributed by atoms with Crippen molar-refractivity contribution < 1.29 is 87.3 Å². The number of benzene rings is 4. The Morgan fingerprint density at radius 1 is 0.847 bits per heavy atom. The molecule has 3 unspecified atom stereocenters. The van der Waals surface area contributed by atoms with Crippen molar-refractivity contribution in [3.63, 3.8) is 0 Å². The number of halogens is 3. The summed E-state index contributed by atoms with van der Waals surface area (Å²) in [6.07, 6.45) is 8.68. The van der Waals surface area contributed by atoms with Gasteiger partial charge < -0.3 is 34.6 Å². The van der Waals surface area contributed by atoms with Crippen molar-refractivity contribution in [1.29, 1.82) is 0 Å². The number of unbranched alkanes of at least 4 members (excludes halogenated alkanes) is 1. The van der Waals surface area contributed by atoms with E-state index in [1.165, 1.54) is 44.0 Å². The molecule has 1 aliphatic rings. The van der Waals surface area contributed by atoms with Crippen LogP contribution in [0.25, 0.3) is 5.73 Å². The molecule has 1 fully saturated rings. The first-order valence-corrected chi connectivity index (χ1v) is 24.9. The first kappa shape index (κ1) is 66.3. The summed E-state index contributed by atoms with van der Waals surface area (Å²) in [5.74, 6) is -0.00729. The number of nitrogens with one attached hydrogen (secondary N) is 2. The van der Waals surface area contributed by atoms with Gasteiger partial charge in [0.15, 0.2) is 5.78 Å². The molecule has 13 nitrogen and oxygen atoms in total. The van der Waals surface area contributed by atoms with E-state index in [0.29, 0.717) is 37.7 Å². The van der Waals surface area contributed by atoms with Gasteiger partial charge in [-0.1, -0.05) is 111 Å². The van der Waals surface area contributed by atoms with Crippen molar-refractivity contribution in [1.82, 2.24) is 5.32 Å². The molecular weight excluding hydrogens is 1160 g/mol. The maximum atomic E-state index is 11.5. The minimum Gasteiger partial charge on any atom is -0.766 e.